The molecule has 0 aromatic heterocycles. The second kappa shape index (κ2) is 10.7. The lowest BCUT2D eigenvalue weighted by atomic mass is 10.0. The smallest absolute Gasteiger partial charge is 0.229 e. The number of rotatable bonds is 12. The van der Waals surface area contributed by atoms with Gasteiger partial charge in [-0.2, -0.15) is 0 Å². The summed E-state index contributed by atoms with van der Waals surface area (Å²) in [6.07, 6.45) is 7.02. The highest BCUT2D eigenvalue weighted by atomic mass is 32.2. The van der Waals surface area contributed by atoms with Gasteiger partial charge in [0.2, 0.25) is 10.0 Å². The van der Waals surface area contributed by atoms with Crippen LogP contribution in [0.15, 0.2) is 24.3 Å². The molecule has 5 nitrogen and oxygen atoms in total. The van der Waals surface area contributed by atoms with Crippen LogP contribution in [0.2, 0.25) is 0 Å². The van der Waals surface area contributed by atoms with Crippen LogP contribution in [0.4, 0.5) is 5.69 Å². The molecule has 0 aliphatic rings. The molecule has 6 heteroatoms. The number of hydrogen-bond donors (Lipinski definition) is 3. The van der Waals surface area contributed by atoms with E-state index in [9.17, 15) is 13.5 Å². The molecule has 1 rings (SSSR count). The average Bonchev–Trinajstić information content (AvgIpc) is 2.53. The number of anilines is 1. The minimum Gasteiger partial charge on any atom is -0.388 e. The molecule has 3 N–H and O–H groups in total. The highest BCUT2D eigenvalue weighted by Gasteiger charge is 2.09. The van der Waals surface area contributed by atoms with Gasteiger partial charge < -0.3 is 10.4 Å². The second-order valence-electron chi connectivity index (χ2n) is 6.36. The van der Waals surface area contributed by atoms with Crippen LogP contribution in [-0.4, -0.2) is 32.4 Å². The molecule has 2 atom stereocenters. The molecular weight excluding hydrogens is 324 g/mol. The zero-order chi connectivity index (χ0) is 18.0. The summed E-state index contributed by atoms with van der Waals surface area (Å²) in [5.41, 5.74) is 1.32. The van der Waals surface area contributed by atoms with Gasteiger partial charge in [-0.05, 0) is 49.9 Å². The van der Waals surface area contributed by atoms with Gasteiger partial charge in [-0.25, -0.2) is 8.42 Å². The highest BCUT2D eigenvalue weighted by Crippen LogP contribution is 2.20. The predicted molar refractivity (Wildman–Crippen MR) is 101 cm³/mol. The van der Waals surface area contributed by atoms with Gasteiger partial charge >= 0.3 is 0 Å². The Bertz CT molecular complexity index is 558. The molecule has 0 saturated carbocycles. The Morgan fingerprint density at radius 3 is 2.29 bits per heavy atom. The van der Waals surface area contributed by atoms with Crippen LogP contribution in [0.3, 0.4) is 0 Å². The summed E-state index contributed by atoms with van der Waals surface area (Å²) in [7, 11) is -3.27. The molecule has 0 saturated heterocycles. The largest absolute Gasteiger partial charge is 0.388 e. The van der Waals surface area contributed by atoms with E-state index in [-0.39, 0.29) is 0 Å². The van der Waals surface area contributed by atoms with E-state index in [2.05, 4.69) is 23.9 Å². The minimum atomic E-state index is -3.27. The third-order valence-electron chi connectivity index (χ3n) is 4.08. The van der Waals surface area contributed by atoms with Crippen molar-refractivity contribution in [1.29, 1.82) is 0 Å². The predicted octanol–water partition coefficient (Wildman–Crippen LogP) is 3.43. The Morgan fingerprint density at radius 1 is 1.08 bits per heavy atom. The minimum absolute atomic E-state index is 0.511. The van der Waals surface area contributed by atoms with Gasteiger partial charge in [0.15, 0.2) is 0 Å². The molecular formula is C18H32N2O3S. The fourth-order valence-electron chi connectivity index (χ4n) is 2.66. The molecule has 1 aromatic rings. The quantitative estimate of drug-likeness (QED) is 0.501. The van der Waals surface area contributed by atoms with Gasteiger partial charge in [0.1, 0.15) is 0 Å². The molecule has 1 aromatic carbocycles. The van der Waals surface area contributed by atoms with Crippen molar-refractivity contribution in [2.75, 3.05) is 17.5 Å². The van der Waals surface area contributed by atoms with Crippen molar-refractivity contribution in [3.8, 4) is 0 Å². The third kappa shape index (κ3) is 8.66. The molecule has 2 unspecified atom stereocenters. The van der Waals surface area contributed by atoms with Crippen LogP contribution in [0, 0.1) is 0 Å². The second-order valence-corrected chi connectivity index (χ2v) is 8.10. The number of aliphatic hydroxyl groups is 1. The Kier molecular flexibility index (Phi) is 9.33. The summed E-state index contributed by atoms with van der Waals surface area (Å²) in [5, 5.41) is 13.8. The van der Waals surface area contributed by atoms with E-state index in [4.69, 9.17) is 0 Å². The van der Waals surface area contributed by atoms with Crippen molar-refractivity contribution in [2.24, 2.45) is 0 Å². The lowest BCUT2D eigenvalue weighted by Crippen LogP contribution is -2.29. The molecule has 0 spiro atoms. The maximum atomic E-state index is 11.2. The molecule has 0 aliphatic carbocycles. The Morgan fingerprint density at radius 2 is 1.75 bits per heavy atom. The Hall–Kier alpha value is -1.11. The van der Waals surface area contributed by atoms with Crippen LogP contribution in [0.1, 0.15) is 64.0 Å². The zero-order valence-corrected chi connectivity index (χ0v) is 15.9. The van der Waals surface area contributed by atoms with Crippen molar-refractivity contribution < 1.29 is 13.5 Å². The summed E-state index contributed by atoms with van der Waals surface area (Å²) in [5.74, 6) is 0. The van der Waals surface area contributed by atoms with Gasteiger partial charge in [0.25, 0.3) is 0 Å². The summed E-state index contributed by atoms with van der Waals surface area (Å²) in [4.78, 5) is 0. The summed E-state index contributed by atoms with van der Waals surface area (Å²) in [6.45, 7) is 5.32. The van der Waals surface area contributed by atoms with Crippen molar-refractivity contribution in [2.45, 2.75) is 64.5 Å². The standard InChI is InChI=1S/C18H32N2O3S/c1-4-6-8-16(5-2)19-14-7-9-18(21)15-10-12-17(13-11-15)20-24(3,22)23/h10-13,16,18-21H,4-9,14H2,1-3H3. The number of aliphatic hydroxyl groups excluding tert-OH is 1. The van der Waals surface area contributed by atoms with Gasteiger partial charge in [-0.1, -0.05) is 38.8 Å². The topological polar surface area (TPSA) is 78.4 Å². The summed E-state index contributed by atoms with van der Waals surface area (Å²) < 4.78 is 24.8. The highest BCUT2D eigenvalue weighted by molar-refractivity contribution is 7.92. The van der Waals surface area contributed by atoms with E-state index in [0.717, 1.165) is 31.2 Å². The van der Waals surface area contributed by atoms with Crippen molar-refractivity contribution >= 4 is 15.7 Å². The lowest BCUT2D eigenvalue weighted by Gasteiger charge is -2.17. The summed E-state index contributed by atoms with van der Waals surface area (Å²) >= 11 is 0. The molecule has 0 aliphatic heterocycles. The fourth-order valence-corrected chi connectivity index (χ4v) is 3.22. The van der Waals surface area contributed by atoms with Crippen LogP contribution in [0.5, 0.6) is 0 Å². The van der Waals surface area contributed by atoms with Crippen LogP contribution < -0.4 is 10.0 Å². The molecule has 0 radical (unpaired) electrons. The van der Waals surface area contributed by atoms with E-state index in [1.165, 1.54) is 19.3 Å². The molecule has 0 amide bonds. The first kappa shape index (κ1) is 20.9. The molecule has 138 valence electrons. The first-order chi connectivity index (χ1) is 11.4. The number of sulfonamides is 1. The van der Waals surface area contributed by atoms with Crippen molar-refractivity contribution in [1.82, 2.24) is 5.32 Å². The van der Waals surface area contributed by atoms with E-state index in [1.807, 2.05) is 0 Å². The molecule has 0 bridgehead atoms. The van der Waals surface area contributed by atoms with E-state index >= 15 is 0 Å². The van der Waals surface area contributed by atoms with Crippen LogP contribution in [-0.2, 0) is 10.0 Å². The Labute approximate surface area is 146 Å². The first-order valence-corrected chi connectivity index (χ1v) is 10.7. The number of hydrogen-bond acceptors (Lipinski definition) is 4. The van der Waals surface area contributed by atoms with Gasteiger partial charge in [-0.15, -0.1) is 0 Å². The number of nitrogens with one attached hydrogen (secondary N) is 2. The summed E-state index contributed by atoms with van der Waals surface area (Å²) in [6, 6.07) is 7.46. The van der Waals surface area contributed by atoms with E-state index < -0.39 is 16.1 Å². The van der Waals surface area contributed by atoms with Crippen molar-refractivity contribution in [3.05, 3.63) is 29.8 Å². The third-order valence-corrected chi connectivity index (χ3v) is 4.69. The SMILES string of the molecule is CCCCC(CC)NCCCC(O)c1ccc(NS(C)(=O)=O)cc1. The maximum absolute atomic E-state index is 11.2. The average molecular weight is 357 g/mol. The number of unbranched alkanes of at least 4 members (excludes halogenated alkanes) is 1. The van der Waals surface area contributed by atoms with Crippen LogP contribution in [0.25, 0.3) is 0 Å². The normalized spacial score (nSPS) is 14.3. The fraction of sp³-hybridized carbons (Fsp3) is 0.667. The lowest BCUT2D eigenvalue weighted by molar-refractivity contribution is 0.164. The van der Waals surface area contributed by atoms with Gasteiger partial charge in [-0.3, -0.25) is 4.72 Å². The number of benzene rings is 1. The van der Waals surface area contributed by atoms with Gasteiger partial charge in [0, 0.05) is 11.7 Å². The zero-order valence-electron chi connectivity index (χ0n) is 15.1. The molecule has 24 heavy (non-hydrogen) atoms. The molecule has 0 fully saturated rings. The molecule has 0 heterocycles. The maximum Gasteiger partial charge on any atom is 0.229 e. The van der Waals surface area contributed by atoms with Crippen molar-refractivity contribution in [3.63, 3.8) is 0 Å². The van der Waals surface area contributed by atoms with E-state index in [1.54, 1.807) is 24.3 Å². The van der Waals surface area contributed by atoms with Gasteiger partial charge in [0.05, 0.1) is 12.4 Å². The first-order valence-electron chi connectivity index (χ1n) is 8.85. The van der Waals surface area contributed by atoms with Crippen LogP contribution >= 0.6 is 0 Å². The van der Waals surface area contributed by atoms with E-state index in [0.29, 0.717) is 18.2 Å². The Balaban J connectivity index is 2.36. The monoisotopic (exact) mass is 356 g/mol.